The van der Waals surface area contributed by atoms with Crippen molar-refractivity contribution in [2.45, 2.75) is 0 Å². The molecule has 12 aromatic rings. The second-order valence-corrected chi connectivity index (χ2v) is 20.2. The summed E-state index contributed by atoms with van der Waals surface area (Å²) in [6.07, 6.45) is 0. The lowest BCUT2D eigenvalue weighted by atomic mass is 10.0. The van der Waals surface area contributed by atoms with Gasteiger partial charge in [0.15, 0.2) is 8.07 Å². The molecular formula is C60H42N2Si. The molecule has 0 saturated heterocycles. The number of hydrogen-bond donors (Lipinski definition) is 0. The highest BCUT2D eigenvalue weighted by atomic mass is 28.3. The zero-order chi connectivity index (χ0) is 41.7. The van der Waals surface area contributed by atoms with Crippen molar-refractivity contribution in [3.63, 3.8) is 0 Å². The Morgan fingerprint density at radius 2 is 0.746 bits per heavy atom. The quantitative estimate of drug-likeness (QED) is 0.107. The molecule has 12 rings (SSSR count). The van der Waals surface area contributed by atoms with Crippen molar-refractivity contribution >= 4 is 72.4 Å². The lowest BCUT2D eigenvalue weighted by Gasteiger charge is -2.35. The topological polar surface area (TPSA) is 9.86 Å². The van der Waals surface area contributed by atoms with E-state index in [4.69, 9.17) is 0 Å². The smallest absolute Gasteiger partial charge is 0.181 e. The molecule has 10 aromatic carbocycles. The van der Waals surface area contributed by atoms with Crippen LogP contribution in [0.4, 0.5) is 0 Å². The van der Waals surface area contributed by atoms with Gasteiger partial charge in [-0.05, 0) is 85.5 Å². The molecule has 2 heterocycles. The molecule has 0 bridgehead atoms. The van der Waals surface area contributed by atoms with Gasteiger partial charge in [-0.25, -0.2) is 0 Å². The van der Waals surface area contributed by atoms with Crippen LogP contribution < -0.4 is 20.7 Å². The van der Waals surface area contributed by atoms with E-state index < -0.39 is 8.07 Å². The third-order valence-electron chi connectivity index (χ3n) is 13.0. The number of rotatable bonds is 8. The van der Waals surface area contributed by atoms with Crippen LogP contribution in [0.25, 0.3) is 77.2 Å². The van der Waals surface area contributed by atoms with Crippen LogP contribution in [-0.4, -0.2) is 17.2 Å². The fraction of sp³-hybridized carbons (Fsp3) is 0. The van der Waals surface area contributed by atoms with Crippen LogP contribution in [0.3, 0.4) is 0 Å². The number of nitrogens with zero attached hydrogens (tertiary/aromatic N) is 2. The van der Waals surface area contributed by atoms with Crippen molar-refractivity contribution in [2.24, 2.45) is 0 Å². The molecule has 0 amide bonds. The van der Waals surface area contributed by atoms with Gasteiger partial charge in [0, 0.05) is 27.2 Å². The molecule has 0 aliphatic carbocycles. The van der Waals surface area contributed by atoms with Gasteiger partial charge in [-0.3, -0.25) is 0 Å². The van der Waals surface area contributed by atoms with Crippen molar-refractivity contribution in [3.05, 3.63) is 255 Å². The first-order valence-electron chi connectivity index (χ1n) is 21.8. The zero-order valence-corrected chi connectivity index (χ0v) is 35.6. The number of aromatic nitrogens is 2. The number of para-hydroxylation sites is 2. The van der Waals surface area contributed by atoms with Crippen molar-refractivity contribution in [1.82, 2.24) is 9.13 Å². The standard InChI is InChI=1S/C60H42N2Si/c1-6-22-43(23-7-1)45-26-20-27-47(40-45)61-55-37-19-17-35-52(55)59-56(61)38-21-39-57(59)62-54-36-18-16-34-51(54)53-41-46(44-24-8-2-9-25-44)42-58(60(53)62)63(48-28-10-3-11-29-48,49-30-12-4-13-31-49)50-32-14-5-15-33-50/h1-42H. The van der Waals surface area contributed by atoms with E-state index in [1.807, 2.05) is 0 Å². The van der Waals surface area contributed by atoms with Gasteiger partial charge < -0.3 is 9.13 Å². The average molecular weight is 819 g/mol. The van der Waals surface area contributed by atoms with E-state index in [0.717, 1.165) is 5.69 Å². The molecule has 0 saturated carbocycles. The average Bonchev–Trinajstić information content (AvgIpc) is 3.89. The Labute approximate surface area is 368 Å². The number of benzene rings is 10. The Balaban J connectivity index is 1.26. The summed E-state index contributed by atoms with van der Waals surface area (Å²) in [5, 5.41) is 10.3. The SMILES string of the molecule is c1ccc(-c2cccc(-n3c4ccccc4c4c(-n5c6ccccc6c6cc(-c7ccccc7)cc([Si](c7ccccc7)(c7ccccc7)c7ccccc7)c65)cccc43)c2)cc1. The molecule has 0 radical (unpaired) electrons. The van der Waals surface area contributed by atoms with E-state index in [1.54, 1.807) is 0 Å². The molecule has 0 fully saturated rings. The van der Waals surface area contributed by atoms with E-state index in [9.17, 15) is 0 Å². The van der Waals surface area contributed by atoms with Crippen molar-refractivity contribution < 1.29 is 0 Å². The first-order valence-corrected chi connectivity index (χ1v) is 23.8. The normalized spacial score (nSPS) is 11.8. The lowest BCUT2D eigenvalue weighted by Crippen LogP contribution is -2.75. The Kier molecular flexibility index (Phi) is 8.87. The molecule has 0 unspecified atom stereocenters. The highest BCUT2D eigenvalue weighted by Gasteiger charge is 2.44. The lowest BCUT2D eigenvalue weighted by molar-refractivity contribution is 1.17. The first kappa shape index (κ1) is 36.8. The zero-order valence-electron chi connectivity index (χ0n) is 34.6. The minimum atomic E-state index is -3.09. The second-order valence-electron chi connectivity index (χ2n) is 16.4. The van der Waals surface area contributed by atoms with Gasteiger partial charge in [0.2, 0.25) is 0 Å². The summed E-state index contributed by atoms with van der Waals surface area (Å²) in [7, 11) is -3.09. The summed E-state index contributed by atoms with van der Waals surface area (Å²) in [6, 6.07) is 94.5. The molecule has 63 heavy (non-hydrogen) atoms. The van der Waals surface area contributed by atoms with Crippen LogP contribution in [0.2, 0.25) is 0 Å². The highest BCUT2D eigenvalue weighted by Crippen LogP contribution is 2.41. The van der Waals surface area contributed by atoms with Gasteiger partial charge >= 0.3 is 0 Å². The molecular weight excluding hydrogens is 777 g/mol. The van der Waals surface area contributed by atoms with Gasteiger partial charge in [0.1, 0.15) is 0 Å². The maximum atomic E-state index is 2.62. The largest absolute Gasteiger partial charge is 0.309 e. The Hall–Kier alpha value is -7.98. The molecule has 0 spiro atoms. The first-order chi connectivity index (χ1) is 31.3. The van der Waals surface area contributed by atoms with Crippen LogP contribution in [0.5, 0.6) is 0 Å². The second kappa shape index (κ2) is 15.2. The number of hydrogen-bond acceptors (Lipinski definition) is 0. The fourth-order valence-corrected chi connectivity index (χ4v) is 15.4. The minimum absolute atomic E-state index is 1.14. The molecule has 0 aliphatic heterocycles. The molecule has 0 N–H and O–H groups in total. The predicted octanol–water partition coefficient (Wildman–Crippen LogP) is 12.6. The number of fused-ring (bicyclic) bond motifs is 6. The maximum absolute atomic E-state index is 3.09. The third kappa shape index (κ3) is 5.85. The van der Waals surface area contributed by atoms with Crippen LogP contribution in [-0.2, 0) is 0 Å². The van der Waals surface area contributed by atoms with Crippen LogP contribution in [0.15, 0.2) is 255 Å². The molecule has 2 aromatic heterocycles. The summed E-state index contributed by atoms with van der Waals surface area (Å²) >= 11 is 0. The van der Waals surface area contributed by atoms with E-state index >= 15 is 0 Å². The van der Waals surface area contributed by atoms with Crippen molar-refractivity contribution in [1.29, 1.82) is 0 Å². The van der Waals surface area contributed by atoms with Gasteiger partial charge in [-0.15, -0.1) is 0 Å². The summed E-state index contributed by atoms with van der Waals surface area (Å²) in [5.41, 5.74) is 11.9. The van der Waals surface area contributed by atoms with Gasteiger partial charge in [0.05, 0.1) is 27.8 Å². The molecule has 2 nitrogen and oxygen atoms in total. The van der Waals surface area contributed by atoms with Crippen LogP contribution >= 0.6 is 0 Å². The van der Waals surface area contributed by atoms with Crippen LogP contribution in [0, 0.1) is 0 Å². The monoisotopic (exact) mass is 818 g/mol. The fourth-order valence-electron chi connectivity index (χ4n) is 10.4. The maximum Gasteiger partial charge on any atom is 0.181 e. The highest BCUT2D eigenvalue weighted by molar-refractivity contribution is 7.20. The van der Waals surface area contributed by atoms with Crippen LogP contribution in [0.1, 0.15) is 0 Å². The van der Waals surface area contributed by atoms with Crippen molar-refractivity contribution in [2.75, 3.05) is 0 Å². The molecule has 0 aliphatic rings. The summed E-state index contributed by atoms with van der Waals surface area (Å²) in [6.45, 7) is 0. The predicted molar refractivity (Wildman–Crippen MR) is 270 cm³/mol. The summed E-state index contributed by atoms with van der Waals surface area (Å²) in [4.78, 5) is 0. The third-order valence-corrected chi connectivity index (χ3v) is 17.8. The summed E-state index contributed by atoms with van der Waals surface area (Å²) in [5.74, 6) is 0. The Morgan fingerprint density at radius 3 is 1.35 bits per heavy atom. The van der Waals surface area contributed by atoms with Gasteiger partial charge in [0.25, 0.3) is 0 Å². The Morgan fingerprint density at radius 1 is 0.286 bits per heavy atom. The molecule has 3 heteroatoms. The van der Waals surface area contributed by atoms with Crippen molar-refractivity contribution in [3.8, 4) is 33.6 Å². The summed E-state index contributed by atoms with van der Waals surface area (Å²) < 4.78 is 5.07. The molecule has 296 valence electrons. The minimum Gasteiger partial charge on any atom is -0.309 e. The Bertz CT molecular complexity index is 3500. The van der Waals surface area contributed by atoms with Gasteiger partial charge in [-0.1, -0.05) is 212 Å². The van der Waals surface area contributed by atoms with E-state index in [0.29, 0.717) is 0 Å². The van der Waals surface area contributed by atoms with E-state index in [-0.39, 0.29) is 0 Å². The van der Waals surface area contributed by atoms with E-state index in [1.165, 1.54) is 92.3 Å². The van der Waals surface area contributed by atoms with E-state index in [2.05, 4.69) is 264 Å². The molecule has 0 atom stereocenters. The van der Waals surface area contributed by atoms with Gasteiger partial charge in [-0.2, -0.15) is 0 Å².